The molecule has 1 spiro atoms. The number of nitrogens with zero attached hydrogens (tertiary/aromatic N) is 2. The number of piperidine rings is 1. The van der Waals surface area contributed by atoms with Gasteiger partial charge in [-0.2, -0.15) is 0 Å². The fourth-order valence-electron chi connectivity index (χ4n) is 3.96. The molecule has 1 saturated carbocycles. The summed E-state index contributed by atoms with van der Waals surface area (Å²) in [6, 6.07) is 0. The lowest BCUT2D eigenvalue weighted by atomic mass is 9.77. The van der Waals surface area contributed by atoms with Crippen LogP contribution in [0.3, 0.4) is 0 Å². The predicted molar refractivity (Wildman–Crippen MR) is 82.8 cm³/mol. The molecule has 0 aromatic carbocycles. The molecule has 1 aromatic heterocycles. The van der Waals surface area contributed by atoms with E-state index < -0.39 is 0 Å². The van der Waals surface area contributed by atoms with Gasteiger partial charge < -0.3 is 14.4 Å². The Balaban J connectivity index is 1.39. The van der Waals surface area contributed by atoms with E-state index in [2.05, 4.69) is 4.98 Å². The van der Waals surface area contributed by atoms with E-state index in [1.165, 1.54) is 49.9 Å². The van der Waals surface area contributed by atoms with Gasteiger partial charge in [-0.3, -0.25) is 4.79 Å². The molecule has 3 heterocycles. The highest BCUT2D eigenvalue weighted by molar-refractivity contribution is 7.13. The Bertz CT molecular complexity index is 537. The average Bonchev–Trinajstić information content (AvgIpc) is 3.29. The Morgan fingerprint density at radius 3 is 2.55 bits per heavy atom. The van der Waals surface area contributed by atoms with Crippen LogP contribution in [-0.4, -0.2) is 42.1 Å². The van der Waals surface area contributed by atoms with E-state index >= 15 is 0 Å². The van der Waals surface area contributed by atoms with Crippen LogP contribution in [0.4, 0.5) is 0 Å². The number of aromatic nitrogens is 1. The maximum Gasteiger partial charge on any atom is 0.265 e. The molecular formula is C16H22N2O3S. The summed E-state index contributed by atoms with van der Waals surface area (Å²) in [5.74, 6) is 0.120. The van der Waals surface area contributed by atoms with Crippen molar-refractivity contribution in [3.63, 3.8) is 0 Å². The molecule has 0 radical (unpaired) electrons. The van der Waals surface area contributed by atoms with Crippen LogP contribution < -0.4 is 0 Å². The quantitative estimate of drug-likeness (QED) is 0.840. The maximum atomic E-state index is 12.6. The first-order chi connectivity index (χ1) is 10.8. The van der Waals surface area contributed by atoms with Gasteiger partial charge in [0.1, 0.15) is 9.88 Å². The summed E-state index contributed by atoms with van der Waals surface area (Å²) in [5, 5.41) is 0.755. The summed E-state index contributed by atoms with van der Waals surface area (Å²) in [7, 11) is 0. The minimum atomic E-state index is -0.380. The van der Waals surface area contributed by atoms with E-state index in [9.17, 15) is 4.79 Å². The SMILES string of the molecule is O=C(c1cnc(C2OCCO2)s1)N1CCC2(CCCC2)CC1. The van der Waals surface area contributed by atoms with E-state index in [-0.39, 0.29) is 12.2 Å². The Hall–Kier alpha value is -0.980. The number of rotatable bonds is 2. The van der Waals surface area contributed by atoms with Crippen molar-refractivity contribution in [3.05, 3.63) is 16.1 Å². The van der Waals surface area contributed by atoms with Crippen LogP contribution in [0, 0.1) is 5.41 Å². The van der Waals surface area contributed by atoms with Gasteiger partial charge in [0.25, 0.3) is 5.91 Å². The Labute approximate surface area is 134 Å². The van der Waals surface area contributed by atoms with Crippen LogP contribution >= 0.6 is 11.3 Å². The fraction of sp³-hybridized carbons (Fsp3) is 0.750. The number of thiazole rings is 1. The van der Waals surface area contributed by atoms with Crippen molar-refractivity contribution < 1.29 is 14.3 Å². The molecule has 5 nitrogen and oxygen atoms in total. The molecule has 0 N–H and O–H groups in total. The van der Waals surface area contributed by atoms with E-state index in [0.29, 0.717) is 23.5 Å². The second-order valence-corrected chi connectivity index (χ2v) is 7.70. The van der Waals surface area contributed by atoms with Gasteiger partial charge in [0.15, 0.2) is 0 Å². The number of carbonyl (C=O) groups is 1. The summed E-state index contributed by atoms with van der Waals surface area (Å²) in [6.45, 7) is 2.98. The lowest BCUT2D eigenvalue weighted by molar-refractivity contribution is -0.0442. The number of hydrogen-bond donors (Lipinski definition) is 0. The molecule has 3 aliphatic rings. The lowest BCUT2D eigenvalue weighted by Crippen LogP contribution is -2.42. The van der Waals surface area contributed by atoms with Crippen LogP contribution in [-0.2, 0) is 9.47 Å². The van der Waals surface area contributed by atoms with Gasteiger partial charge in [0.2, 0.25) is 6.29 Å². The first-order valence-electron chi connectivity index (χ1n) is 8.24. The molecule has 1 aromatic rings. The molecule has 3 fully saturated rings. The number of hydrogen-bond acceptors (Lipinski definition) is 5. The third-order valence-electron chi connectivity index (χ3n) is 5.33. The molecule has 0 unspecified atom stereocenters. The van der Waals surface area contributed by atoms with Gasteiger partial charge in [-0.15, -0.1) is 11.3 Å². The van der Waals surface area contributed by atoms with Gasteiger partial charge in [-0.25, -0.2) is 4.98 Å². The lowest BCUT2D eigenvalue weighted by Gasteiger charge is -2.39. The molecule has 1 amide bonds. The highest BCUT2D eigenvalue weighted by Gasteiger charge is 2.38. The molecule has 0 bridgehead atoms. The smallest absolute Gasteiger partial charge is 0.265 e. The van der Waals surface area contributed by atoms with Crippen LogP contribution in [0.15, 0.2) is 6.20 Å². The third kappa shape index (κ3) is 2.68. The second kappa shape index (κ2) is 5.91. The minimum Gasteiger partial charge on any atom is -0.344 e. The van der Waals surface area contributed by atoms with Gasteiger partial charge in [-0.1, -0.05) is 12.8 Å². The Morgan fingerprint density at radius 2 is 1.86 bits per heavy atom. The van der Waals surface area contributed by atoms with Crippen molar-refractivity contribution >= 4 is 17.2 Å². The highest BCUT2D eigenvalue weighted by Crippen LogP contribution is 2.46. The van der Waals surface area contributed by atoms with Crippen LogP contribution in [0.5, 0.6) is 0 Å². The average molecular weight is 322 g/mol. The van der Waals surface area contributed by atoms with Gasteiger partial charge >= 0.3 is 0 Å². The fourth-order valence-corrected chi connectivity index (χ4v) is 4.85. The van der Waals surface area contributed by atoms with Crippen molar-refractivity contribution in [2.75, 3.05) is 26.3 Å². The van der Waals surface area contributed by atoms with Crippen molar-refractivity contribution in [2.45, 2.75) is 44.8 Å². The zero-order chi connectivity index (χ0) is 15.0. The van der Waals surface area contributed by atoms with Gasteiger partial charge in [-0.05, 0) is 31.1 Å². The number of amides is 1. The first-order valence-corrected chi connectivity index (χ1v) is 9.06. The van der Waals surface area contributed by atoms with E-state index in [0.717, 1.165) is 18.1 Å². The van der Waals surface area contributed by atoms with Gasteiger partial charge in [0.05, 0.1) is 19.4 Å². The summed E-state index contributed by atoms with van der Waals surface area (Å²) in [4.78, 5) is 19.7. The summed E-state index contributed by atoms with van der Waals surface area (Å²) >= 11 is 1.40. The molecule has 22 heavy (non-hydrogen) atoms. The third-order valence-corrected chi connectivity index (χ3v) is 6.34. The number of likely N-dealkylation sites (tertiary alicyclic amines) is 1. The highest BCUT2D eigenvalue weighted by atomic mass is 32.1. The topological polar surface area (TPSA) is 51.7 Å². The molecule has 2 aliphatic heterocycles. The molecule has 4 rings (SSSR count). The second-order valence-electron chi connectivity index (χ2n) is 6.64. The molecule has 1 aliphatic carbocycles. The maximum absolute atomic E-state index is 12.6. The van der Waals surface area contributed by atoms with Gasteiger partial charge in [0, 0.05) is 13.1 Å². The van der Waals surface area contributed by atoms with Crippen LogP contribution in [0.2, 0.25) is 0 Å². The minimum absolute atomic E-state index is 0.120. The van der Waals surface area contributed by atoms with E-state index in [1.54, 1.807) is 6.20 Å². The Kier molecular flexibility index (Phi) is 3.92. The Morgan fingerprint density at radius 1 is 1.18 bits per heavy atom. The van der Waals surface area contributed by atoms with E-state index in [4.69, 9.17) is 9.47 Å². The van der Waals surface area contributed by atoms with Crippen LogP contribution in [0.1, 0.15) is 59.5 Å². The van der Waals surface area contributed by atoms with Crippen molar-refractivity contribution in [3.8, 4) is 0 Å². The van der Waals surface area contributed by atoms with Crippen molar-refractivity contribution in [2.24, 2.45) is 5.41 Å². The standard InChI is InChI=1S/C16H22N2O3S/c19-14(12-11-17-13(22-12)15-20-9-10-21-15)18-7-5-16(6-8-18)3-1-2-4-16/h11,15H,1-10H2. The van der Waals surface area contributed by atoms with Crippen molar-refractivity contribution in [1.29, 1.82) is 0 Å². The predicted octanol–water partition coefficient (Wildman–Crippen LogP) is 2.98. The summed E-state index contributed by atoms with van der Waals surface area (Å²) in [5.41, 5.74) is 0.543. The zero-order valence-corrected chi connectivity index (χ0v) is 13.6. The normalized spacial score (nSPS) is 25.2. The zero-order valence-electron chi connectivity index (χ0n) is 12.8. The number of carbonyl (C=O) groups excluding carboxylic acids is 1. The van der Waals surface area contributed by atoms with E-state index in [1.807, 2.05) is 4.90 Å². The molecular weight excluding hydrogens is 300 g/mol. The summed E-state index contributed by atoms with van der Waals surface area (Å²) in [6.07, 6.45) is 9.08. The molecule has 0 atom stereocenters. The largest absolute Gasteiger partial charge is 0.344 e. The summed E-state index contributed by atoms with van der Waals surface area (Å²) < 4.78 is 10.9. The molecule has 2 saturated heterocycles. The number of ether oxygens (including phenoxy) is 2. The first kappa shape index (κ1) is 14.6. The van der Waals surface area contributed by atoms with Crippen molar-refractivity contribution in [1.82, 2.24) is 9.88 Å². The monoisotopic (exact) mass is 322 g/mol. The van der Waals surface area contributed by atoms with Crippen LogP contribution in [0.25, 0.3) is 0 Å². The molecule has 120 valence electrons. The molecule has 6 heteroatoms.